The van der Waals surface area contributed by atoms with Gasteiger partial charge in [-0.15, -0.1) is 11.7 Å². The number of hydrogen-bond donors (Lipinski definition) is 1. The number of ether oxygens (including phenoxy) is 2. The molecule has 0 radical (unpaired) electrons. The fourth-order valence-electron chi connectivity index (χ4n) is 5.58. The van der Waals surface area contributed by atoms with E-state index in [0.717, 1.165) is 12.8 Å². The number of esters is 1. The normalized spacial score (nSPS) is 30.9. The van der Waals surface area contributed by atoms with E-state index in [4.69, 9.17) is 9.47 Å². The Labute approximate surface area is 222 Å². The molecule has 4 rings (SSSR count). The molecule has 1 saturated carbocycles. The van der Waals surface area contributed by atoms with Crippen molar-refractivity contribution < 1.29 is 33.8 Å². The Kier molecular flexibility index (Phi) is 8.64. The summed E-state index contributed by atoms with van der Waals surface area (Å²) in [5.41, 5.74) is -0.511. The monoisotopic (exact) mass is 530 g/mol. The van der Waals surface area contributed by atoms with Crippen LogP contribution in [0.4, 0.5) is 0 Å². The summed E-state index contributed by atoms with van der Waals surface area (Å²) in [6, 6.07) is -0.829. The number of nitrogens with zero attached hydrogens (tertiary/aromatic N) is 4. The summed E-state index contributed by atoms with van der Waals surface area (Å²) in [5, 5.41) is 18.1. The molecule has 3 heterocycles. The molecule has 11 heteroatoms. The van der Waals surface area contributed by atoms with Gasteiger partial charge >= 0.3 is 11.9 Å². The number of amides is 1. The van der Waals surface area contributed by atoms with Gasteiger partial charge in [-0.3, -0.25) is 23.9 Å². The van der Waals surface area contributed by atoms with Crippen molar-refractivity contribution in [3.8, 4) is 0 Å². The molecule has 2 fully saturated rings. The van der Waals surface area contributed by atoms with Gasteiger partial charge in [-0.05, 0) is 37.5 Å². The minimum atomic E-state index is -1.17. The highest BCUT2D eigenvalue weighted by Crippen LogP contribution is 2.56. The maximum absolute atomic E-state index is 13.8. The van der Waals surface area contributed by atoms with Gasteiger partial charge < -0.3 is 19.5 Å². The summed E-state index contributed by atoms with van der Waals surface area (Å²) in [6.45, 7) is 8.76. The lowest BCUT2D eigenvalue weighted by Crippen LogP contribution is -2.46. The minimum Gasteiger partial charge on any atom is -0.481 e. The first-order valence-electron chi connectivity index (χ1n) is 13.5. The largest absolute Gasteiger partial charge is 0.481 e. The number of aliphatic carboxylic acids is 1. The SMILES string of the molecule is C=C[C@@H]1C[C@]1(CC(=O)[C@@H]1C[C@@H]2CN1C(=O)[C@H](C(C)C)CC(=O)OCCCCCn1cc(nn1)CO2)C(=O)O. The highest BCUT2D eigenvalue weighted by molar-refractivity contribution is 5.95. The number of carboxylic acid groups (broad SMARTS) is 1. The van der Waals surface area contributed by atoms with E-state index in [9.17, 15) is 24.3 Å². The molecule has 1 aromatic heterocycles. The maximum atomic E-state index is 13.8. The third kappa shape index (κ3) is 6.14. The van der Waals surface area contributed by atoms with Crippen LogP contribution in [0.3, 0.4) is 0 Å². The van der Waals surface area contributed by atoms with Crippen molar-refractivity contribution in [3.05, 3.63) is 24.5 Å². The first kappa shape index (κ1) is 27.9. The van der Waals surface area contributed by atoms with Crippen LogP contribution in [-0.4, -0.2) is 73.9 Å². The summed E-state index contributed by atoms with van der Waals surface area (Å²) in [4.78, 5) is 53.4. The van der Waals surface area contributed by atoms with Crippen molar-refractivity contribution in [2.75, 3.05) is 13.2 Å². The Morgan fingerprint density at radius 2 is 2.08 bits per heavy atom. The van der Waals surface area contributed by atoms with Gasteiger partial charge in [0.2, 0.25) is 5.91 Å². The van der Waals surface area contributed by atoms with Gasteiger partial charge in [0.15, 0.2) is 5.78 Å². The van der Waals surface area contributed by atoms with Crippen LogP contribution in [-0.2, 0) is 41.8 Å². The van der Waals surface area contributed by atoms with Crippen LogP contribution in [0.5, 0.6) is 0 Å². The predicted molar refractivity (Wildman–Crippen MR) is 134 cm³/mol. The number of hydrogen-bond acceptors (Lipinski definition) is 8. The molecule has 11 nitrogen and oxygen atoms in total. The zero-order valence-electron chi connectivity index (χ0n) is 22.2. The topological polar surface area (TPSA) is 141 Å². The number of aromatic nitrogens is 3. The number of aryl methyl sites for hydroxylation is 1. The molecule has 1 aromatic rings. The number of rotatable bonds is 6. The summed E-state index contributed by atoms with van der Waals surface area (Å²) in [5.74, 6) is -3.18. The first-order valence-corrected chi connectivity index (χ1v) is 13.5. The third-order valence-electron chi connectivity index (χ3n) is 8.11. The van der Waals surface area contributed by atoms with E-state index in [2.05, 4.69) is 16.9 Å². The number of allylic oxidation sites excluding steroid dienone is 1. The molecular weight excluding hydrogens is 492 g/mol. The van der Waals surface area contributed by atoms with Crippen molar-refractivity contribution in [2.24, 2.45) is 23.2 Å². The van der Waals surface area contributed by atoms with E-state index >= 15 is 0 Å². The number of ketones is 1. The minimum absolute atomic E-state index is 0.0739. The van der Waals surface area contributed by atoms with Crippen LogP contribution in [0.15, 0.2) is 18.9 Å². The molecule has 0 spiro atoms. The number of cyclic esters (lactones) is 1. The van der Waals surface area contributed by atoms with E-state index in [1.54, 1.807) is 10.8 Å². The summed E-state index contributed by atoms with van der Waals surface area (Å²) in [6.07, 6.45) is 5.74. The maximum Gasteiger partial charge on any atom is 0.310 e. The average molecular weight is 531 g/mol. The Hall–Kier alpha value is -3.08. The van der Waals surface area contributed by atoms with Gasteiger partial charge in [-0.2, -0.15) is 0 Å². The van der Waals surface area contributed by atoms with Gasteiger partial charge in [-0.1, -0.05) is 25.1 Å². The first-order chi connectivity index (χ1) is 18.1. The summed E-state index contributed by atoms with van der Waals surface area (Å²) < 4.78 is 13.2. The van der Waals surface area contributed by atoms with Gasteiger partial charge in [0.25, 0.3) is 0 Å². The molecule has 5 atom stereocenters. The molecule has 3 aliphatic rings. The third-order valence-corrected chi connectivity index (χ3v) is 8.11. The Morgan fingerprint density at radius 1 is 1.29 bits per heavy atom. The number of carbonyl (C=O) groups excluding carboxylic acids is 3. The van der Waals surface area contributed by atoms with Crippen molar-refractivity contribution >= 4 is 23.6 Å². The van der Waals surface area contributed by atoms with Crippen LogP contribution < -0.4 is 0 Å². The lowest BCUT2D eigenvalue weighted by Gasteiger charge is -2.30. The predicted octanol–water partition coefficient (Wildman–Crippen LogP) is 2.39. The summed E-state index contributed by atoms with van der Waals surface area (Å²) >= 11 is 0. The van der Waals surface area contributed by atoms with Crippen LogP contribution >= 0.6 is 0 Å². The Balaban J connectivity index is 1.56. The summed E-state index contributed by atoms with van der Waals surface area (Å²) in [7, 11) is 0. The van der Waals surface area contributed by atoms with E-state index in [0.29, 0.717) is 25.1 Å². The average Bonchev–Trinajstić information content (AvgIpc) is 3.19. The van der Waals surface area contributed by atoms with Crippen LogP contribution in [0.25, 0.3) is 0 Å². The van der Waals surface area contributed by atoms with Crippen LogP contribution in [0, 0.1) is 23.2 Å². The molecule has 4 bridgehead atoms. The van der Waals surface area contributed by atoms with E-state index in [-0.39, 0.29) is 62.5 Å². The number of carbonyl (C=O) groups is 4. The fraction of sp³-hybridized carbons (Fsp3) is 0.704. The second-order valence-corrected chi connectivity index (χ2v) is 11.1. The van der Waals surface area contributed by atoms with E-state index < -0.39 is 35.4 Å². The smallest absolute Gasteiger partial charge is 0.310 e. The van der Waals surface area contributed by atoms with Crippen molar-refractivity contribution in [2.45, 2.75) is 84.1 Å². The van der Waals surface area contributed by atoms with E-state index in [1.807, 2.05) is 20.0 Å². The lowest BCUT2D eigenvalue weighted by molar-refractivity contribution is -0.152. The quantitative estimate of drug-likeness (QED) is 0.433. The zero-order valence-corrected chi connectivity index (χ0v) is 22.2. The number of carboxylic acids is 1. The highest BCUT2D eigenvalue weighted by Gasteiger charge is 2.60. The zero-order chi connectivity index (χ0) is 27.4. The lowest BCUT2D eigenvalue weighted by atomic mass is 9.89. The van der Waals surface area contributed by atoms with Gasteiger partial charge in [0, 0.05) is 25.9 Å². The molecular formula is C27H38N4O7. The van der Waals surface area contributed by atoms with Gasteiger partial charge in [-0.25, -0.2) is 0 Å². The molecule has 38 heavy (non-hydrogen) atoms. The standard InChI is InChI=1S/C27H38N4O7/c1-4-18-12-27(18,26(35)36)13-23(32)22-10-20-15-31(22)25(34)21(17(2)3)11-24(33)37-9-7-5-6-8-30-14-19(16-38-20)28-29-30/h4,14,17-18,20-22H,1,5-13,15-16H2,2-3H3,(H,35,36)/t18-,20-,21+,22+,27-/m1/s1. The molecule has 1 saturated heterocycles. The second kappa shape index (κ2) is 11.8. The van der Waals surface area contributed by atoms with Crippen LogP contribution in [0.2, 0.25) is 0 Å². The molecule has 0 unspecified atom stereocenters. The van der Waals surface area contributed by atoms with Crippen molar-refractivity contribution in [1.82, 2.24) is 19.9 Å². The van der Waals surface area contributed by atoms with Gasteiger partial charge in [0.05, 0.1) is 49.3 Å². The fourth-order valence-corrected chi connectivity index (χ4v) is 5.58. The van der Waals surface area contributed by atoms with Crippen molar-refractivity contribution in [3.63, 3.8) is 0 Å². The Morgan fingerprint density at radius 3 is 2.76 bits per heavy atom. The molecule has 1 aliphatic carbocycles. The van der Waals surface area contributed by atoms with Crippen molar-refractivity contribution in [1.29, 1.82) is 0 Å². The molecule has 0 aromatic carbocycles. The number of fused-ring (bicyclic) bond motifs is 4. The molecule has 1 amide bonds. The molecule has 1 N–H and O–H groups in total. The van der Waals surface area contributed by atoms with E-state index in [1.165, 1.54) is 4.90 Å². The van der Waals surface area contributed by atoms with Gasteiger partial charge in [0.1, 0.15) is 5.69 Å². The molecule has 208 valence electrons. The molecule has 2 aliphatic heterocycles. The second-order valence-electron chi connectivity index (χ2n) is 11.1. The number of Topliss-reactive ketones (excluding diaryl/α,β-unsaturated/α-hetero) is 1. The highest BCUT2D eigenvalue weighted by atomic mass is 16.5. The van der Waals surface area contributed by atoms with Crippen LogP contribution in [0.1, 0.15) is 64.5 Å². The Bertz CT molecular complexity index is 1070.